The van der Waals surface area contributed by atoms with Crippen LogP contribution in [-0.2, 0) is 19.6 Å². The van der Waals surface area contributed by atoms with Crippen LogP contribution in [0.15, 0.2) is 53.4 Å². The predicted molar refractivity (Wildman–Crippen MR) is 97.4 cm³/mol. The molecule has 1 unspecified atom stereocenters. The maximum absolute atomic E-state index is 13.4. The van der Waals surface area contributed by atoms with Crippen LogP contribution in [0.3, 0.4) is 0 Å². The number of hydrogen-bond acceptors (Lipinski definition) is 5. The van der Waals surface area contributed by atoms with Crippen LogP contribution in [-0.4, -0.2) is 38.7 Å². The molecule has 27 heavy (non-hydrogen) atoms. The summed E-state index contributed by atoms with van der Waals surface area (Å²) < 4.78 is 36.2. The van der Waals surface area contributed by atoms with Crippen LogP contribution >= 0.6 is 0 Å². The molecule has 5 N–H and O–H groups in total. The van der Waals surface area contributed by atoms with Gasteiger partial charge in [0.05, 0.1) is 11.4 Å². The molecule has 2 aromatic rings. The fourth-order valence-electron chi connectivity index (χ4n) is 2.58. The molecular formula is C17H19FN4O4S. The minimum absolute atomic E-state index is 0.150. The summed E-state index contributed by atoms with van der Waals surface area (Å²) in [5.41, 5.74) is 5.94. The van der Waals surface area contributed by atoms with Crippen LogP contribution in [0.5, 0.6) is 0 Å². The first-order chi connectivity index (χ1) is 12.6. The van der Waals surface area contributed by atoms with Crippen molar-refractivity contribution in [3.05, 3.63) is 59.9 Å². The Morgan fingerprint density at radius 3 is 2.44 bits per heavy atom. The molecule has 0 aliphatic rings. The van der Waals surface area contributed by atoms with Gasteiger partial charge in [0.1, 0.15) is 11.9 Å². The van der Waals surface area contributed by atoms with Crippen LogP contribution in [0, 0.1) is 5.82 Å². The van der Waals surface area contributed by atoms with Crippen molar-refractivity contribution in [2.24, 2.45) is 10.9 Å². The molecule has 8 nitrogen and oxygen atoms in total. The van der Waals surface area contributed by atoms with E-state index in [-0.39, 0.29) is 17.1 Å². The van der Waals surface area contributed by atoms with Gasteiger partial charge in [0, 0.05) is 5.69 Å². The highest BCUT2D eigenvalue weighted by molar-refractivity contribution is 7.89. The highest BCUT2D eigenvalue weighted by Crippen LogP contribution is 2.20. The molecule has 2 aromatic carbocycles. The van der Waals surface area contributed by atoms with Gasteiger partial charge in [-0.15, -0.1) is 0 Å². The van der Waals surface area contributed by atoms with E-state index >= 15 is 0 Å². The normalized spacial score (nSPS) is 12.6. The van der Waals surface area contributed by atoms with Gasteiger partial charge in [-0.1, -0.05) is 18.2 Å². The third-order valence-corrected chi connectivity index (χ3v) is 4.63. The molecular weight excluding hydrogens is 375 g/mol. The number of nitrogens with one attached hydrogen (secondary N) is 1. The number of anilines is 1. The van der Waals surface area contributed by atoms with E-state index in [1.807, 2.05) is 0 Å². The Bertz CT molecular complexity index is 965. The minimum Gasteiger partial charge on any atom is -0.368 e. The smallest absolute Gasteiger partial charge is 0.239 e. The lowest BCUT2D eigenvalue weighted by Crippen LogP contribution is -2.39. The summed E-state index contributed by atoms with van der Waals surface area (Å²) in [4.78, 5) is 25.3. The third kappa shape index (κ3) is 5.58. The molecule has 0 saturated heterocycles. The number of likely N-dealkylation sites (N-methyl/N-ethyl adjacent to an activating group) is 1. The van der Waals surface area contributed by atoms with E-state index in [2.05, 4.69) is 5.32 Å². The number of halogens is 1. The zero-order valence-electron chi connectivity index (χ0n) is 14.4. The largest absolute Gasteiger partial charge is 0.368 e. The van der Waals surface area contributed by atoms with Gasteiger partial charge in [-0.25, -0.2) is 17.9 Å². The Kier molecular flexibility index (Phi) is 6.26. The number of carbonyl (C=O) groups excluding carboxylic acids is 2. The molecule has 0 aliphatic carbocycles. The topological polar surface area (TPSA) is 136 Å². The number of rotatable bonds is 7. The van der Waals surface area contributed by atoms with Crippen LogP contribution in [0.25, 0.3) is 0 Å². The van der Waals surface area contributed by atoms with Crippen LogP contribution in [0.2, 0.25) is 0 Å². The predicted octanol–water partition coefficient (Wildman–Crippen LogP) is 0.570. The number of primary sulfonamides is 1. The first-order valence-corrected chi connectivity index (χ1v) is 9.30. The molecule has 2 rings (SSSR count). The van der Waals surface area contributed by atoms with Crippen molar-refractivity contribution < 1.29 is 22.4 Å². The molecule has 10 heteroatoms. The molecule has 0 aromatic heterocycles. The Labute approximate surface area is 156 Å². The van der Waals surface area contributed by atoms with Gasteiger partial charge < -0.3 is 11.1 Å². The van der Waals surface area contributed by atoms with E-state index in [1.54, 1.807) is 0 Å². The third-order valence-electron chi connectivity index (χ3n) is 3.71. The minimum atomic E-state index is -3.91. The Hall–Kier alpha value is -2.82. The lowest BCUT2D eigenvalue weighted by Gasteiger charge is -2.25. The zero-order chi connectivity index (χ0) is 20.2. The second-order valence-corrected chi connectivity index (χ2v) is 7.46. The van der Waals surface area contributed by atoms with Crippen molar-refractivity contribution in [2.75, 3.05) is 18.9 Å². The first-order valence-electron chi connectivity index (χ1n) is 7.75. The number of carbonyl (C=O) groups is 2. The van der Waals surface area contributed by atoms with E-state index in [9.17, 15) is 22.4 Å². The van der Waals surface area contributed by atoms with Gasteiger partial charge in [-0.05, 0) is 42.9 Å². The van der Waals surface area contributed by atoms with E-state index < -0.39 is 33.7 Å². The maximum atomic E-state index is 13.4. The number of benzene rings is 2. The quantitative estimate of drug-likeness (QED) is 0.631. The summed E-state index contributed by atoms with van der Waals surface area (Å²) in [5, 5.41) is 7.57. The maximum Gasteiger partial charge on any atom is 0.239 e. The fourth-order valence-corrected chi connectivity index (χ4v) is 3.14. The Morgan fingerprint density at radius 2 is 1.85 bits per heavy atom. The second-order valence-electron chi connectivity index (χ2n) is 5.90. The lowest BCUT2D eigenvalue weighted by atomic mass is 10.0. The van der Waals surface area contributed by atoms with Gasteiger partial charge in [0.15, 0.2) is 0 Å². The van der Waals surface area contributed by atoms with E-state index in [4.69, 9.17) is 10.9 Å². The summed E-state index contributed by atoms with van der Waals surface area (Å²) in [6, 6.07) is 9.78. The molecule has 0 bridgehead atoms. The van der Waals surface area contributed by atoms with Crippen molar-refractivity contribution in [2.45, 2.75) is 10.9 Å². The summed E-state index contributed by atoms with van der Waals surface area (Å²) in [6.07, 6.45) is 0. The number of sulfonamides is 1. The number of amides is 2. The van der Waals surface area contributed by atoms with Crippen LogP contribution < -0.4 is 16.2 Å². The zero-order valence-corrected chi connectivity index (χ0v) is 15.2. The highest BCUT2D eigenvalue weighted by Gasteiger charge is 2.25. The van der Waals surface area contributed by atoms with Gasteiger partial charge in [0.2, 0.25) is 21.8 Å². The molecule has 0 saturated carbocycles. The Morgan fingerprint density at radius 1 is 1.19 bits per heavy atom. The molecule has 0 radical (unpaired) electrons. The molecule has 0 heterocycles. The highest BCUT2D eigenvalue weighted by atomic mass is 32.2. The molecule has 1 atom stereocenters. The monoisotopic (exact) mass is 394 g/mol. The van der Waals surface area contributed by atoms with Crippen LogP contribution in [0.1, 0.15) is 11.6 Å². The van der Waals surface area contributed by atoms with E-state index in [0.29, 0.717) is 5.56 Å². The average Bonchev–Trinajstić information content (AvgIpc) is 2.53. The van der Waals surface area contributed by atoms with Crippen molar-refractivity contribution >= 4 is 27.5 Å². The lowest BCUT2D eigenvalue weighted by molar-refractivity contribution is -0.124. The molecule has 0 aliphatic heterocycles. The summed E-state index contributed by atoms with van der Waals surface area (Å²) >= 11 is 0. The number of primary amides is 1. The van der Waals surface area contributed by atoms with Gasteiger partial charge in [0.25, 0.3) is 0 Å². The summed E-state index contributed by atoms with van der Waals surface area (Å²) in [6.45, 7) is -0.246. The molecule has 0 spiro atoms. The summed E-state index contributed by atoms with van der Waals surface area (Å²) in [5.74, 6) is -1.80. The van der Waals surface area contributed by atoms with Crippen LogP contribution in [0.4, 0.5) is 10.1 Å². The average molecular weight is 394 g/mol. The first kappa shape index (κ1) is 20.5. The molecule has 0 fully saturated rings. The number of hydrogen-bond donors (Lipinski definition) is 3. The van der Waals surface area contributed by atoms with Crippen molar-refractivity contribution in [1.29, 1.82) is 0 Å². The van der Waals surface area contributed by atoms with Crippen molar-refractivity contribution in [3.63, 3.8) is 0 Å². The second kappa shape index (κ2) is 8.25. The standard InChI is InChI=1S/C17H19FN4O4S/c1-22(16(17(19)24)11-4-2-5-12(18)8-11)10-15(23)21-13-6-3-7-14(9-13)27(20,25)26/h2-9,16H,10H2,1H3,(H2,19,24)(H,21,23)(H2,20,25,26). The van der Waals surface area contributed by atoms with Crippen molar-refractivity contribution in [1.82, 2.24) is 4.90 Å². The Balaban J connectivity index is 2.13. The van der Waals surface area contributed by atoms with Gasteiger partial charge in [-0.3, -0.25) is 14.5 Å². The molecule has 144 valence electrons. The molecule has 2 amide bonds. The van der Waals surface area contributed by atoms with Crippen molar-refractivity contribution in [3.8, 4) is 0 Å². The number of nitrogens with two attached hydrogens (primary N) is 2. The number of nitrogens with zero attached hydrogens (tertiary/aromatic N) is 1. The SMILES string of the molecule is CN(CC(=O)Nc1cccc(S(N)(=O)=O)c1)C(C(N)=O)c1cccc(F)c1. The van der Waals surface area contributed by atoms with E-state index in [1.165, 1.54) is 60.5 Å². The van der Waals surface area contributed by atoms with Gasteiger partial charge in [-0.2, -0.15) is 0 Å². The van der Waals surface area contributed by atoms with Gasteiger partial charge >= 0.3 is 0 Å². The van der Waals surface area contributed by atoms with E-state index in [0.717, 1.165) is 0 Å². The summed E-state index contributed by atoms with van der Waals surface area (Å²) in [7, 11) is -2.42. The fraction of sp³-hybridized carbons (Fsp3) is 0.176.